The molecule has 0 aliphatic carbocycles. The molecule has 16 heavy (non-hydrogen) atoms. The third-order valence-electron chi connectivity index (χ3n) is 3.00. The van der Waals surface area contributed by atoms with Gasteiger partial charge in [-0.15, -0.1) is 0 Å². The van der Waals surface area contributed by atoms with Crippen LogP contribution in [0.4, 0.5) is 0 Å². The first-order chi connectivity index (χ1) is 7.53. The van der Waals surface area contributed by atoms with E-state index in [1.807, 2.05) is 19.1 Å². The summed E-state index contributed by atoms with van der Waals surface area (Å²) in [5, 5.41) is 11.5. The second-order valence-corrected chi connectivity index (χ2v) is 5.05. The lowest BCUT2D eigenvalue weighted by molar-refractivity contribution is -0.101. The minimum Gasteiger partial charge on any atom is -0.385 e. The van der Waals surface area contributed by atoms with Gasteiger partial charge < -0.3 is 9.84 Å². The molecule has 2 nitrogen and oxygen atoms in total. The topological polar surface area (TPSA) is 29.5 Å². The van der Waals surface area contributed by atoms with Gasteiger partial charge in [0.25, 0.3) is 0 Å². The summed E-state index contributed by atoms with van der Waals surface area (Å²) >= 11 is 12.1. The number of hydrogen-bond donors (Lipinski definition) is 1. The van der Waals surface area contributed by atoms with Crippen LogP contribution in [0.25, 0.3) is 0 Å². The first-order valence-electron chi connectivity index (χ1n) is 5.31. The van der Waals surface area contributed by atoms with Gasteiger partial charge in [-0.3, -0.25) is 0 Å². The molecular weight excluding hydrogens is 247 g/mol. The van der Waals surface area contributed by atoms with E-state index in [0.717, 1.165) is 0 Å². The maximum atomic E-state index is 10.6. The molecule has 1 saturated heterocycles. The smallest absolute Gasteiger partial charge is 0.0957 e. The Morgan fingerprint density at radius 2 is 2.19 bits per heavy atom. The standard InChI is InChI=1S/C12H14Cl2O2/c1-8-7-12(15,5-6-16-8)9-3-2-4-10(13)11(9)14/h2-4,8,15H,5-7H2,1H3. The van der Waals surface area contributed by atoms with Crippen molar-refractivity contribution in [2.24, 2.45) is 0 Å². The van der Waals surface area contributed by atoms with E-state index in [9.17, 15) is 5.11 Å². The number of benzene rings is 1. The Labute approximate surface area is 105 Å². The average Bonchev–Trinajstić information content (AvgIpc) is 2.21. The van der Waals surface area contributed by atoms with Gasteiger partial charge in [0.05, 0.1) is 28.4 Å². The van der Waals surface area contributed by atoms with Crippen LogP contribution in [0.1, 0.15) is 25.3 Å². The molecule has 2 rings (SSSR count). The van der Waals surface area contributed by atoms with Crippen molar-refractivity contribution >= 4 is 23.2 Å². The number of aliphatic hydroxyl groups is 1. The largest absolute Gasteiger partial charge is 0.385 e. The Bertz CT molecular complexity index is 395. The fourth-order valence-corrected chi connectivity index (χ4v) is 2.65. The molecule has 0 amide bonds. The second-order valence-electron chi connectivity index (χ2n) is 4.27. The highest BCUT2D eigenvalue weighted by Gasteiger charge is 2.36. The summed E-state index contributed by atoms with van der Waals surface area (Å²) in [6.07, 6.45) is 1.14. The molecule has 1 fully saturated rings. The molecule has 88 valence electrons. The van der Waals surface area contributed by atoms with Crippen molar-refractivity contribution in [1.29, 1.82) is 0 Å². The fraction of sp³-hybridized carbons (Fsp3) is 0.500. The quantitative estimate of drug-likeness (QED) is 0.839. The molecule has 1 aromatic carbocycles. The molecule has 0 aromatic heterocycles. The molecule has 1 aliphatic rings. The summed E-state index contributed by atoms with van der Waals surface area (Å²) < 4.78 is 5.43. The Morgan fingerprint density at radius 3 is 2.88 bits per heavy atom. The molecule has 1 aromatic rings. The summed E-state index contributed by atoms with van der Waals surface area (Å²) in [5.41, 5.74) is -0.212. The highest BCUT2D eigenvalue weighted by atomic mass is 35.5. The molecule has 4 heteroatoms. The van der Waals surface area contributed by atoms with Gasteiger partial charge in [0.1, 0.15) is 0 Å². The number of halogens is 2. The number of ether oxygens (including phenoxy) is 1. The van der Waals surface area contributed by atoms with Crippen LogP contribution in [-0.2, 0) is 10.3 Å². The molecule has 1 heterocycles. The summed E-state index contributed by atoms with van der Waals surface area (Å²) in [6.45, 7) is 2.49. The van der Waals surface area contributed by atoms with E-state index in [-0.39, 0.29) is 6.10 Å². The van der Waals surface area contributed by atoms with Gasteiger partial charge >= 0.3 is 0 Å². The van der Waals surface area contributed by atoms with Crippen molar-refractivity contribution < 1.29 is 9.84 Å². The highest BCUT2D eigenvalue weighted by Crippen LogP contribution is 2.40. The summed E-state index contributed by atoms with van der Waals surface area (Å²) in [7, 11) is 0. The van der Waals surface area contributed by atoms with E-state index < -0.39 is 5.60 Å². The van der Waals surface area contributed by atoms with Crippen molar-refractivity contribution in [1.82, 2.24) is 0 Å². The van der Waals surface area contributed by atoms with Gasteiger partial charge in [0.15, 0.2) is 0 Å². The van der Waals surface area contributed by atoms with Gasteiger partial charge in [-0.1, -0.05) is 35.3 Å². The molecule has 2 unspecified atom stereocenters. The Kier molecular flexibility index (Phi) is 3.45. The molecule has 0 bridgehead atoms. The summed E-state index contributed by atoms with van der Waals surface area (Å²) in [4.78, 5) is 0. The number of rotatable bonds is 1. The van der Waals surface area contributed by atoms with Gasteiger partial charge in [-0.2, -0.15) is 0 Å². The van der Waals surface area contributed by atoms with E-state index in [1.54, 1.807) is 6.07 Å². The fourth-order valence-electron chi connectivity index (χ4n) is 2.17. The highest BCUT2D eigenvalue weighted by molar-refractivity contribution is 6.42. The van der Waals surface area contributed by atoms with Crippen LogP contribution in [0.3, 0.4) is 0 Å². The van der Waals surface area contributed by atoms with Crippen LogP contribution in [0.15, 0.2) is 18.2 Å². The molecular formula is C12H14Cl2O2. The average molecular weight is 261 g/mol. The maximum Gasteiger partial charge on any atom is 0.0957 e. The molecule has 1 aliphatic heterocycles. The lowest BCUT2D eigenvalue weighted by Crippen LogP contribution is -2.37. The predicted molar refractivity (Wildman–Crippen MR) is 65.0 cm³/mol. The zero-order valence-corrected chi connectivity index (χ0v) is 10.6. The van der Waals surface area contributed by atoms with Crippen molar-refractivity contribution in [3.63, 3.8) is 0 Å². The monoisotopic (exact) mass is 260 g/mol. The summed E-state index contributed by atoms with van der Waals surface area (Å²) in [5.74, 6) is 0. The van der Waals surface area contributed by atoms with E-state index >= 15 is 0 Å². The molecule has 0 saturated carbocycles. The van der Waals surface area contributed by atoms with Crippen LogP contribution < -0.4 is 0 Å². The SMILES string of the molecule is CC1CC(O)(c2cccc(Cl)c2Cl)CCO1. The Balaban J connectivity index is 2.38. The van der Waals surface area contributed by atoms with Gasteiger partial charge in [-0.05, 0) is 13.0 Å². The van der Waals surface area contributed by atoms with Crippen molar-refractivity contribution in [3.05, 3.63) is 33.8 Å². The van der Waals surface area contributed by atoms with Crippen LogP contribution in [-0.4, -0.2) is 17.8 Å². The van der Waals surface area contributed by atoms with Gasteiger partial charge in [0.2, 0.25) is 0 Å². The normalized spacial score (nSPS) is 30.4. The van der Waals surface area contributed by atoms with Gasteiger partial charge in [-0.25, -0.2) is 0 Å². The van der Waals surface area contributed by atoms with Crippen molar-refractivity contribution in [2.45, 2.75) is 31.5 Å². The van der Waals surface area contributed by atoms with E-state index in [4.69, 9.17) is 27.9 Å². The van der Waals surface area contributed by atoms with Crippen LogP contribution >= 0.6 is 23.2 Å². The molecule has 0 radical (unpaired) electrons. The van der Waals surface area contributed by atoms with E-state index in [0.29, 0.717) is 35.1 Å². The molecule has 1 N–H and O–H groups in total. The maximum absolute atomic E-state index is 10.6. The lowest BCUT2D eigenvalue weighted by Gasteiger charge is -2.36. The van der Waals surface area contributed by atoms with Gasteiger partial charge in [0, 0.05) is 18.4 Å². The van der Waals surface area contributed by atoms with E-state index in [1.165, 1.54) is 0 Å². The third-order valence-corrected chi connectivity index (χ3v) is 3.82. The number of hydrogen-bond acceptors (Lipinski definition) is 2. The van der Waals surface area contributed by atoms with Crippen molar-refractivity contribution in [3.8, 4) is 0 Å². The van der Waals surface area contributed by atoms with Crippen LogP contribution in [0.2, 0.25) is 10.0 Å². The third kappa shape index (κ3) is 2.21. The van der Waals surface area contributed by atoms with Crippen LogP contribution in [0.5, 0.6) is 0 Å². The zero-order valence-electron chi connectivity index (χ0n) is 9.04. The summed E-state index contributed by atoms with van der Waals surface area (Å²) in [6, 6.07) is 5.35. The Morgan fingerprint density at radius 1 is 1.44 bits per heavy atom. The second kappa shape index (κ2) is 4.53. The Hall–Kier alpha value is -0.280. The first-order valence-corrected chi connectivity index (χ1v) is 6.07. The zero-order chi connectivity index (χ0) is 11.8. The molecule has 2 atom stereocenters. The predicted octanol–water partition coefficient (Wildman–Crippen LogP) is 3.38. The minimum absolute atomic E-state index is 0.0359. The minimum atomic E-state index is -0.917. The molecule has 0 spiro atoms. The van der Waals surface area contributed by atoms with Crippen LogP contribution in [0, 0.1) is 0 Å². The lowest BCUT2D eigenvalue weighted by atomic mass is 9.84. The first kappa shape index (κ1) is 12.2. The van der Waals surface area contributed by atoms with E-state index in [2.05, 4.69) is 0 Å². The van der Waals surface area contributed by atoms with Crippen molar-refractivity contribution in [2.75, 3.05) is 6.61 Å².